The van der Waals surface area contributed by atoms with Gasteiger partial charge in [-0.15, -0.1) is 0 Å². The number of rotatable bonds is 11. The van der Waals surface area contributed by atoms with Gasteiger partial charge in [0.25, 0.3) is 10.0 Å². The minimum Gasteiger partial charge on any atom is -0.467 e. The minimum absolute atomic E-state index is 0.00322. The Kier molecular flexibility index (Phi) is 8.15. The Hall–Kier alpha value is -3.76. The molecule has 1 aliphatic carbocycles. The molecule has 0 spiro atoms. The molecule has 1 aliphatic rings. The van der Waals surface area contributed by atoms with Gasteiger partial charge in [-0.05, 0) is 87.7 Å². The average Bonchev–Trinajstić information content (AvgIpc) is 3.57. The number of halogens is 1. The number of furan rings is 2. The number of ether oxygens (including phenoxy) is 1. The van der Waals surface area contributed by atoms with E-state index in [2.05, 4.69) is 0 Å². The summed E-state index contributed by atoms with van der Waals surface area (Å²) >= 11 is 6.37. The molecule has 0 N–H and O–H groups in total. The molecule has 2 aromatic carbocycles. The van der Waals surface area contributed by atoms with Crippen molar-refractivity contribution in [3.8, 4) is 0 Å². The number of benzene rings is 2. The summed E-state index contributed by atoms with van der Waals surface area (Å²) in [6.45, 7) is 5.85. The highest BCUT2D eigenvalue weighted by atomic mass is 35.5. The zero-order valence-electron chi connectivity index (χ0n) is 23.1. The lowest BCUT2D eigenvalue weighted by Crippen LogP contribution is -2.34. The van der Waals surface area contributed by atoms with Crippen molar-refractivity contribution in [2.75, 3.05) is 17.5 Å². The lowest BCUT2D eigenvalue weighted by atomic mass is 10.1. The van der Waals surface area contributed by atoms with Gasteiger partial charge >= 0.3 is 5.97 Å². The van der Waals surface area contributed by atoms with Crippen LogP contribution in [-0.4, -0.2) is 38.3 Å². The third-order valence-corrected chi connectivity index (χ3v) is 9.20. The van der Waals surface area contributed by atoms with Crippen molar-refractivity contribution in [1.29, 1.82) is 0 Å². The molecule has 4 aromatic rings. The first-order valence-electron chi connectivity index (χ1n) is 13.5. The summed E-state index contributed by atoms with van der Waals surface area (Å²) in [6, 6.07) is 13.0. The van der Waals surface area contributed by atoms with Crippen LogP contribution in [0.5, 0.6) is 0 Å². The van der Waals surface area contributed by atoms with E-state index in [9.17, 15) is 18.0 Å². The molecule has 2 heterocycles. The fourth-order valence-corrected chi connectivity index (χ4v) is 6.60. The normalized spacial score (nSPS) is 13.4. The molecule has 0 unspecified atom stereocenters. The second-order valence-electron chi connectivity index (χ2n) is 9.93. The van der Waals surface area contributed by atoms with Crippen LogP contribution in [0.2, 0.25) is 5.02 Å². The fraction of sp³-hybridized carbons (Fsp3) is 0.333. The van der Waals surface area contributed by atoms with E-state index < -0.39 is 16.0 Å². The smallest absolute Gasteiger partial charge is 0.374 e. The fourth-order valence-electron chi connectivity index (χ4n) is 4.87. The molecule has 0 bridgehead atoms. The quantitative estimate of drug-likeness (QED) is 0.186. The van der Waals surface area contributed by atoms with Crippen LogP contribution in [0.1, 0.15) is 54.1 Å². The Labute approximate surface area is 243 Å². The Bertz CT molecular complexity index is 1690. The topological polar surface area (TPSA) is 110 Å². The van der Waals surface area contributed by atoms with Crippen LogP contribution in [0, 0.1) is 12.8 Å². The molecule has 1 saturated carbocycles. The maximum Gasteiger partial charge on any atom is 0.374 e. The van der Waals surface area contributed by atoms with Crippen molar-refractivity contribution in [2.45, 2.75) is 51.6 Å². The summed E-state index contributed by atoms with van der Waals surface area (Å²) in [4.78, 5) is 27.3. The Balaban J connectivity index is 1.52. The molecule has 11 heteroatoms. The van der Waals surface area contributed by atoms with Gasteiger partial charge in [0.05, 0.1) is 30.0 Å². The SMILES string of the molecule is CCOC(=O)c1oc2ccc(S(=O)(=O)N(CC)c3ccc(Cl)cc3CN(Cc3ccco3)C(=O)C3CC3)cc2c1C. The van der Waals surface area contributed by atoms with Crippen molar-refractivity contribution in [3.63, 3.8) is 0 Å². The van der Waals surface area contributed by atoms with Gasteiger partial charge in [0, 0.05) is 35.0 Å². The molecule has 41 heavy (non-hydrogen) atoms. The van der Waals surface area contributed by atoms with E-state index in [1.54, 1.807) is 62.3 Å². The second-order valence-corrected chi connectivity index (χ2v) is 12.2. The van der Waals surface area contributed by atoms with E-state index in [1.165, 1.54) is 22.5 Å². The summed E-state index contributed by atoms with van der Waals surface area (Å²) < 4.78 is 45.7. The van der Waals surface area contributed by atoms with E-state index in [1.807, 2.05) is 0 Å². The van der Waals surface area contributed by atoms with Crippen molar-refractivity contribution in [3.05, 3.63) is 82.5 Å². The Morgan fingerprint density at radius 2 is 1.85 bits per heavy atom. The molecule has 1 fully saturated rings. The summed E-state index contributed by atoms with van der Waals surface area (Å²) in [5.41, 5.74) is 1.89. The number of carbonyl (C=O) groups excluding carboxylic acids is 2. The molecule has 0 aliphatic heterocycles. The largest absolute Gasteiger partial charge is 0.467 e. The van der Waals surface area contributed by atoms with Gasteiger partial charge < -0.3 is 18.5 Å². The number of anilines is 1. The highest BCUT2D eigenvalue weighted by Crippen LogP contribution is 2.36. The first kappa shape index (κ1) is 28.8. The molecular formula is C30H31ClN2O7S. The van der Waals surface area contributed by atoms with Gasteiger partial charge in [-0.2, -0.15) is 0 Å². The van der Waals surface area contributed by atoms with Gasteiger partial charge in [0.2, 0.25) is 11.7 Å². The summed E-state index contributed by atoms with van der Waals surface area (Å²) in [5, 5.41) is 0.928. The van der Waals surface area contributed by atoms with Crippen molar-refractivity contribution < 1.29 is 31.6 Å². The third-order valence-electron chi connectivity index (χ3n) is 7.08. The van der Waals surface area contributed by atoms with Gasteiger partial charge in [-0.3, -0.25) is 9.10 Å². The van der Waals surface area contributed by atoms with Gasteiger partial charge in [0.15, 0.2) is 0 Å². The van der Waals surface area contributed by atoms with Gasteiger partial charge in [-0.25, -0.2) is 13.2 Å². The number of esters is 1. The molecule has 9 nitrogen and oxygen atoms in total. The van der Waals surface area contributed by atoms with Gasteiger partial charge in [-0.1, -0.05) is 11.6 Å². The number of hydrogen-bond donors (Lipinski definition) is 0. The molecule has 216 valence electrons. The average molecular weight is 599 g/mol. The predicted molar refractivity (Wildman–Crippen MR) is 154 cm³/mol. The van der Waals surface area contributed by atoms with Crippen molar-refractivity contribution in [1.82, 2.24) is 4.90 Å². The number of hydrogen-bond acceptors (Lipinski definition) is 7. The molecule has 0 saturated heterocycles. The molecule has 0 radical (unpaired) electrons. The monoisotopic (exact) mass is 598 g/mol. The number of aryl methyl sites for hydroxylation is 1. The number of carbonyl (C=O) groups is 2. The number of fused-ring (bicyclic) bond motifs is 1. The zero-order chi connectivity index (χ0) is 29.3. The maximum atomic E-state index is 14.1. The molecule has 5 rings (SSSR count). The Morgan fingerprint density at radius 3 is 2.51 bits per heavy atom. The number of nitrogens with zero attached hydrogens (tertiary/aromatic N) is 2. The molecular weight excluding hydrogens is 568 g/mol. The first-order valence-corrected chi connectivity index (χ1v) is 15.3. The second kappa shape index (κ2) is 11.6. The maximum absolute atomic E-state index is 14.1. The third kappa shape index (κ3) is 5.85. The van der Waals surface area contributed by atoms with E-state index in [4.69, 9.17) is 25.2 Å². The van der Waals surface area contributed by atoms with Crippen molar-refractivity contribution >= 4 is 50.2 Å². The lowest BCUT2D eigenvalue weighted by Gasteiger charge is -2.28. The van der Waals surface area contributed by atoms with E-state index in [0.29, 0.717) is 38.6 Å². The van der Waals surface area contributed by atoms with Gasteiger partial charge in [0.1, 0.15) is 11.3 Å². The summed E-state index contributed by atoms with van der Waals surface area (Å²) in [6.07, 6.45) is 3.22. The van der Waals surface area contributed by atoms with Crippen LogP contribution in [-0.2, 0) is 32.6 Å². The Morgan fingerprint density at radius 1 is 1.07 bits per heavy atom. The first-order chi connectivity index (χ1) is 19.6. The van der Waals surface area contributed by atoms with Crippen LogP contribution >= 0.6 is 11.6 Å². The molecule has 0 atom stereocenters. The number of amides is 1. The zero-order valence-corrected chi connectivity index (χ0v) is 24.6. The lowest BCUT2D eigenvalue weighted by molar-refractivity contribution is -0.134. The van der Waals surface area contributed by atoms with Crippen LogP contribution < -0.4 is 4.31 Å². The van der Waals surface area contributed by atoms with E-state index in [0.717, 1.165) is 12.8 Å². The molecule has 1 amide bonds. The number of sulfonamides is 1. The van der Waals surface area contributed by atoms with Crippen LogP contribution in [0.15, 0.2) is 68.5 Å². The van der Waals surface area contributed by atoms with Crippen LogP contribution in [0.3, 0.4) is 0 Å². The van der Waals surface area contributed by atoms with Crippen LogP contribution in [0.25, 0.3) is 11.0 Å². The predicted octanol–water partition coefficient (Wildman–Crippen LogP) is 6.32. The highest BCUT2D eigenvalue weighted by Gasteiger charge is 2.35. The highest BCUT2D eigenvalue weighted by molar-refractivity contribution is 7.92. The summed E-state index contributed by atoms with van der Waals surface area (Å²) in [7, 11) is -4.07. The van der Waals surface area contributed by atoms with E-state index >= 15 is 0 Å². The van der Waals surface area contributed by atoms with Crippen LogP contribution in [0.4, 0.5) is 5.69 Å². The van der Waals surface area contributed by atoms with E-state index in [-0.39, 0.29) is 48.7 Å². The minimum atomic E-state index is -4.07. The standard InChI is InChI=1S/C30H31ClN2O7S/c1-4-33(41(36,37)24-11-13-27-25(16-24)19(3)28(40-27)30(35)38-5-2)26-12-10-22(31)15-21(26)17-32(29(34)20-8-9-20)18-23-7-6-14-39-23/h6-7,10-16,20H,4-5,8-9,17-18H2,1-3H3. The van der Waals surface area contributed by atoms with Crippen molar-refractivity contribution in [2.24, 2.45) is 5.92 Å². The summed E-state index contributed by atoms with van der Waals surface area (Å²) in [5.74, 6) is 0.0280. The molecule has 2 aromatic heterocycles.